The highest BCUT2D eigenvalue weighted by atomic mass is 35.5. The Hall–Kier alpha value is -1.92. The van der Waals surface area contributed by atoms with Crippen LogP contribution in [0.15, 0.2) is 42.5 Å². The molecule has 0 bridgehead atoms. The lowest BCUT2D eigenvalue weighted by Crippen LogP contribution is -2.46. The summed E-state index contributed by atoms with van der Waals surface area (Å²) in [6, 6.07) is 11.4. The second-order valence-corrected chi connectivity index (χ2v) is 10.3. The molecule has 0 radical (unpaired) electrons. The van der Waals surface area contributed by atoms with Gasteiger partial charge in [-0.15, -0.1) is 24.8 Å². The molecule has 2 atom stereocenters. The summed E-state index contributed by atoms with van der Waals surface area (Å²) in [7, 11) is 2.18. The number of likely N-dealkylation sites (N-methyl/N-ethyl adjacent to an activating group) is 1. The number of benzene rings is 2. The minimum absolute atomic E-state index is 0. The topological polar surface area (TPSA) is 26.8 Å². The van der Waals surface area contributed by atoms with Gasteiger partial charge in [-0.25, -0.2) is 4.39 Å². The van der Waals surface area contributed by atoms with Gasteiger partial charge in [0.1, 0.15) is 5.82 Å². The fraction of sp³-hybridized carbons (Fsp3) is 0.483. The van der Waals surface area contributed by atoms with Gasteiger partial charge in [0, 0.05) is 50.9 Å². The largest absolute Gasteiger partial charge is 0.311 e. The smallest absolute Gasteiger partial charge is 0.229 e. The van der Waals surface area contributed by atoms with Crippen molar-refractivity contribution < 1.29 is 9.18 Å². The Morgan fingerprint density at radius 2 is 1.67 bits per heavy atom. The van der Waals surface area contributed by atoms with Crippen LogP contribution in [0.4, 0.5) is 10.1 Å². The zero-order valence-electron chi connectivity index (χ0n) is 21.9. The van der Waals surface area contributed by atoms with Gasteiger partial charge in [0.25, 0.3) is 0 Å². The first-order chi connectivity index (χ1) is 16.3. The van der Waals surface area contributed by atoms with Gasteiger partial charge in [0.2, 0.25) is 5.91 Å². The Labute approximate surface area is 228 Å². The summed E-state index contributed by atoms with van der Waals surface area (Å²) in [5, 5.41) is 0. The van der Waals surface area contributed by atoms with E-state index in [0.717, 1.165) is 61.5 Å². The Balaban J connectivity index is 0.00000228. The average Bonchev–Trinajstić information content (AvgIpc) is 2.79. The number of halogens is 3. The third-order valence-corrected chi connectivity index (χ3v) is 7.33. The van der Waals surface area contributed by atoms with Crippen molar-refractivity contribution in [2.45, 2.75) is 33.6 Å². The van der Waals surface area contributed by atoms with E-state index in [1.165, 1.54) is 11.6 Å². The molecule has 1 amide bonds. The highest BCUT2D eigenvalue weighted by molar-refractivity contribution is 5.97. The molecule has 2 saturated heterocycles. The fourth-order valence-corrected chi connectivity index (χ4v) is 5.49. The fourth-order valence-electron chi connectivity index (χ4n) is 5.49. The van der Waals surface area contributed by atoms with Gasteiger partial charge in [-0.05, 0) is 80.1 Å². The van der Waals surface area contributed by atoms with E-state index in [1.807, 2.05) is 24.0 Å². The van der Waals surface area contributed by atoms with Crippen molar-refractivity contribution in [3.63, 3.8) is 0 Å². The molecule has 36 heavy (non-hydrogen) atoms. The highest BCUT2D eigenvalue weighted by Crippen LogP contribution is 2.34. The van der Waals surface area contributed by atoms with Crippen LogP contribution in [0.25, 0.3) is 6.08 Å². The quantitative estimate of drug-likeness (QED) is 0.469. The van der Waals surface area contributed by atoms with Gasteiger partial charge in [-0.1, -0.05) is 37.3 Å². The monoisotopic (exact) mass is 535 g/mol. The van der Waals surface area contributed by atoms with E-state index < -0.39 is 0 Å². The summed E-state index contributed by atoms with van der Waals surface area (Å²) < 4.78 is 14.3. The van der Waals surface area contributed by atoms with E-state index in [4.69, 9.17) is 0 Å². The lowest BCUT2D eigenvalue weighted by molar-refractivity contribution is -0.124. The molecule has 0 saturated carbocycles. The Morgan fingerprint density at radius 3 is 2.31 bits per heavy atom. The molecule has 2 aromatic carbocycles. The third-order valence-electron chi connectivity index (χ3n) is 7.33. The number of piperidine rings is 1. The maximum atomic E-state index is 14.3. The van der Waals surface area contributed by atoms with Crippen molar-refractivity contribution in [3.8, 4) is 0 Å². The number of hydrogen-bond donors (Lipinski definition) is 0. The minimum Gasteiger partial charge on any atom is -0.311 e. The number of aryl methyl sites for hydroxylation is 2. The average molecular weight is 537 g/mol. The van der Waals surface area contributed by atoms with Crippen molar-refractivity contribution in [3.05, 3.63) is 70.5 Å². The number of carbonyl (C=O) groups excluding carboxylic acids is 1. The van der Waals surface area contributed by atoms with Crippen LogP contribution in [-0.4, -0.2) is 62.0 Å². The Morgan fingerprint density at radius 1 is 1.03 bits per heavy atom. The van der Waals surface area contributed by atoms with E-state index in [2.05, 4.69) is 55.0 Å². The van der Waals surface area contributed by atoms with E-state index in [9.17, 15) is 9.18 Å². The molecule has 198 valence electrons. The van der Waals surface area contributed by atoms with Gasteiger partial charge in [0.15, 0.2) is 0 Å². The summed E-state index contributed by atoms with van der Waals surface area (Å²) >= 11 is 0. The maximum absolute atomic E-state index is 14.3. The molecule has 0 aromatic heterocycles. The van der Waals surface area contributed by atoms with E-state index in [0.29, 0.717) is 13.0 Å². The van der Waals surface area contributed by atoms with E-state index >= 15 is 0 Å². The van der Waals surface area contributed by atoms with Gasteiger partial charge >= 0.3 is 0 Å². The molecule has 2 aliphatic heterocycles. The summed E-state index contributed by atoms with van der Waals surface area (Å²) in [4.78, 5) is 20.0. The van der Waals surface area contributed by atoms with E-state index in [-0.39, 0.29) is 48.4 Å². The van der Waals surface area contributed by atoms with Gasteiger partial charge in [-0.3, -0.25) is 9.69 Å². The zero-order chi connectivity index (χ0) is 24.2. The number of piperazine rings is 1. The zero-order valence-corrected chi connectivity index (χ0v) is 23.5. The first-order valence-electron chi connectivity index (χ1n) is 12.5. The number of hydrogen-bond acceptors (Lipinski definition) is 3. The number of anilines is 1. The predicted octanol–water partition coefficient (Wildman–Crippen LogP) is 5.78. The number of nitrogens with zero attached hydrogens (tertiary/aromatic N) is 3. The summed E-state index contributed by atoms with van der Waals surface area (Å²) in [6.07, 6.45) is 5.91. The first-order valence-corrected chi connectivity index (χ1v) is 12.5. The molecule has 0 aliphatic carbocycles. The lowest BCUT2D eigenvalue weighted by Gasteiger charge is -2.38. The molecule has 2 aromatic rings. The van der Waals surface area contributed by atoms with Crippen LogP contribution in [0.3, 0.4) is 0 Å². The molecule has 7 heteroatoms. The molecule has 2 aliphatic rings. The molecule has 2 fully saturated rings. The van der Waals surface area contributed by atoms with Crippen LogP contribution in [0.5, 0.6) is 0 Å². The molecular weight excluding hydrogens is 496 g/mol. The number of rotatable bonds is 6. The van der Waals surface area contributed by atoms with Gasteiger partial charge in [0.05, 0.1) is 0 Å². The van der Waals surface area contributed by atoms with Crippen molar-refractivity contribution in [1.82, 2.24) is 9.80 Å². The SMILES string of the molecule is Cc1cc(/C=C\CN2CCN(C)CC2)cc(C)c1N1C[C@@H](Cc2ccccc2F)C[C@@H](C)C1=O.Cl.Cl. The summed E-state index contributed by atoms with van der Waals surface area (Å²) in [5.74, 6) is 0.201. The molecule has 4 rings (SSSR count). The van der Waals surface area contributed by atoms with Gasteiger partial charge < -0.3 is 9.80 Å². The lowest BCUT2D eigenvalue weighted by atomic mass is 9.84. The molecule has 0 spiro atoms. The summed E-state index contributed by atoms with van der Waals surface area (Å²) in [6.45, 7) is 12.3. The molecule has 0 unspecified atom stereocenters. The van der Waals surface area contributed by atoms with Crippen LogP contribution in [0.2, 0.25) is 0 Å². The second-order valence-electron chi connectivity index (χ2n) is 10.3. The molecule has 2 heterocycles. The Kier molecular flexibility index (Phi) is 11.4. The third kappa shape index (κ3) is 7.32. The maximum Gasteiger partial charge on any atom is 0.229 e. The Bertz CT molecular complexity index is 1030. The van der Waals surface area contributed by atoms with Crippen LogP contribution >= 0.6 is 24.8 Å². The molecular formula is C29H40Cl2FN3O. The van der Waals surface area contributed by atoms with Crippen molar-refractivity contribution in [2.75, 3.05) is 51.2 Å². The standard InChI is InChI=1S/C29H38FN3O.2ClH/c1-21-16-24(8-7-11-32-14-12-31(4)13-15-32)17-22(2)28(21)33-20-25(18-23(3)29(33)34)19-26-9-5-6-10-27(26)30;;/h5-10,16-17,23,25H,11-15,18-20H2,1-4H3;2*1H/b8-7-;;/t23-,25-;;/m1../s1. The van der Waals surface area contributed by atoms with Crippen LogP contribution in [0, 0.1) is 31.5 Å². The van der Waals surface area contributed by atoms with Gasteiger partial charge in [-0.2, -0.15) is 0 Å². The second kappa shape index (κ2) is 13.6. The molecule has 0 N–H and O–H groups in total. The minimum atomic E-state index is -0.154. The highest BCUT2D eigenvalue weighted by Gasteiger charge is 2.34. The number of amides is 1. The first kappa shape index (κ1) is 30.3. The van der Waals surface area contributed by atoms with Crippen LogP contribution in [-0.2, 0) is 11.2 Å². The van der Waals surface area contributed by atoms with Crippen molar-refractivity contribution >= 4 is 42.5 Å². The van der Waals surface area contributed by atoms with Crippen LogP contribution < -0.4 is 4.90 Å². The van der Waals surface area contributed by atoms with E-state index in [1.54, 1.807) is 6.07 Å². The number of carbonyl (C=O) groups is 1. The predicted molar refractivity (Wildman–Crippen MR) is 153 cm³/mol. The van der Waals surface area contributed by atoms with Crippen molar-refractivity contribution in [2.24, 2.45) is 11.8 Å². The van der Waals surface area contributed by atoms with Crippen LogP contribution in [0.1, 0.15) is 35.6 Å². The normalized spacial score (nSPS) is 21.4. The molecule has 4 nitrogen and oxygen atoms in total. The summed E-state index contributed by atoms with van der Waals surface area (Å²) in [5.41, 5.74) is 5.17. The van der Waals surface area contributed by atoms with Crippen molar-refractivity contribution in [1.29, 1.82) is 0 Å².